The fraction of sp³-hybridized carbons (Fsp3) is 0.550. The summed E-state index contributed by atoms with van der Waals surface area (Å²) in [6.07, 6.45) is 5.61. The van der Waals surface area contributed by atoms with Gasteiger partial charge in [-0.05, 0) is 44.7 Å². The molecule has 3 aromatic heterocycles. The third-order valence-electron chi connectivity index (χ3n) is 5.83. The van der Waals surface area contributed by atoms with Gasteiger partial charge in [-0.3, -0.25) is 0 Å². The van der Waals surface area contributed by atoms with E-state index in [9.17, 15) is 5.11 Å². The summed E-state index contributed by atoms with van der Waals surface area (Å²) in [7, 11) is 1.93. The molecule has 1 aliphatic rings. The van der Waals surface area contributed by atoms with Crippen molar-refractivity contribution < 1.29 is 5.11 Å². The number of hydrogen-bond donors (Lipinski definition) is 2. The minimum atomic E-state index is -0.523. The summed E-state index contributed by atoms with van der Waals surface area (Å²) in [5.74, 6) is 2.81. The molecule has 150 valence electrons. The van der Waals surface area contributed by atoms with Crippen molar-refractivity contribution in [1.82, 2.24) is 19.5 Å². The molecule has 8 heteroatoms. The monoisotopic (exact) mass is 400 g/mol. The fourth-order valence-corrected chi connectivity index (χ4v) is 5.08. The molecular formula is C20H28N6OS. The summed E-state index contributed by atoms with van der Waals surface area (Å²) in [5, 5.41) is 11.9. The van der Waals surface area contributed by atoms with E-state index in [1.807, 2.05) is 17.8 Å². The predicted molar refractivity (Wildman–Crippen MR) is 113 cm³/mol. The first-order valence-corrected chi connectivity index (χ1v) is 10.7. The molecule has 0 amide bonds. The molecule has 1 fully saturated rings. The highest BCUT2D eigenvalue weighted by Crippen LogP contribution is 2.38. The predicted octanol–water partition coefficient (Wildman–Crippen LogP) is 2.49. The number of hydrogen-bond acceptors (Lipinski definition) is 7. The Bertz CT molecular complexity index is 973. The van der Waals surface area contributed by atoms with E-state index in [1.165, 1.54) is 15.8 Å². The molecule has 0 spiro atoms. The Kier molecular flexibility index (Phi) is 5.35. The number of aliphatic hydroxyl groups is 1. The van der Waals surface area contributed by atoms with Crippen molar-refractivity contribution in [3.05, 3.63) is 34.5 Å². The van der Waals surface area contributed by atoms with Crippen LogP contribution < -0.4 is 10.6 Å². The smallest absolute Gasteiger partial charge is 0.141 e. The van der Waals surface area contributed by atoms with Crippen LogP contribution in [0.3, 0.4) is 0 Å². The second-order valence-corrected chi connectivity index (χ2v) is 8.83. The van der Waals surface area contributed by atoms with Crippen LogP contribution in [0.15, 0.2) is 12.4 Å². The Hall–Kier alpha value is -2.03. The molecule has 3 aromatic rings. The highest BCUT2D eigenvalue weighted by molar-refractivity contribution is 7.18. The van der Waals surface area contributed by atoms with E-state index in [-0.39, 0.29) is 5.92 Å². The Morgan fingerprint density at radius 3 is 2.68 bits per heavy atom. The second kappa shape index (κ2) is 7.77. The lowest BCUT2D eigenvalue weighted by Crippen LogP contribution is -2.37. The quantitative estimate of drug-likeness (QED) is 0.683. The van der Waals surface area contributed by atoms with Gasteiger partial charge in [0.25, 0.3) is 0 Å². The van der Waals surface area contributed by atoms with E-state index in [0.717, 1.165) is 48.2 Å². The summed E-state index contributed by atoms with van der Waals surface area (Å²) in [5.41, 5.74) is 7.02. The molecule has 4 heterocycles. The number of aliphatic hydroxyl groups excluding tert-OH is 1. The zero-order valence-electron chi connectivity index (χ0n) is 16.7. The number of thiophene rings is 1. The SMILES string of the molecule is Cc1sc2nc(CCN)nc(N3CCC(C(O)c4nccn4C)CC3)c2c1C. The number of imidazole rings is 1. The fourth-order valence-electron chi connectivity index (χ4n) is 4.04. The van der Waals surface area contributed by atoms with Crippen molar-refractivity contribution in [3.63, 3.8) is 0 Å². The van der Waals surface area contributed by atoms with Gasteiger partial charge >= 0.3 is 0 Å². The van der Waals surface area contributed by atoms with E-state index in [4.69, 9.17) is 15.7 Å². The van der Waals surface area contributed by atoms with Crippen molar-refractivity contribution in [2.45, 2.75) is 39.2 Å². The Labute approximate surface area is 169 Å². The maximum atomic E-state index is 10.8. The van der Waals surface area contributed by atoms with Gasteiger partial charge in [0.05, 0.1) is 5.39 Å². The molecule has 4 rings (SSSR count). The van der Waals surface area contributed by atoms with E-state index in [2.05, 4.69) is 23.7 Å². The number of nitrogens with two attached hydrogens (primary N) is 1. The van der Waals surface area contributed by atoms with Gasteiger partial charge in [-0.1, -0.05) is 0 Å². The minimum Gasteiger partial charge on any atom is -0.385 e. The largest absolute Gasteiger partial charge is 0.385 e. The first kappa shape index (κ1) is 19.3. The number of aryl methyl sites for hydroxylation is 3. The Morgan fingerprint density at radius 1 is 1.29 bits per heavy atom. The molecule has 0 radical (unpaired) electrons. The van der Waals surface area contributed by atoms with Crippen LogP contribution in [0, 0.1) is 19.8 Å². The summed E-state index contributed by atoms with van der Waals surface area (Å²) < 4.78 is 1.90. The van der Waals surface area contributed by atoms with Crippen LogP contribution in [0.25, 0.3) is 10.2 Å². The molecule has 0 bridgehead atoms. The zero-order chi connectivity index (χ0) is 19.8. The molecule has 1 unspecified atom stereocenters. The lowest BCUT2D eigenvalue weighted by Gasteiger charge is -2.35. The van der Waals surface area contributed by atoms with Crippen molar-refractivity contribution >= 4 is 27.4 Å². The highest BCUT2D eigenvalue weighted by atomic mass is 32.1. The van der Waals surface area contributed by atoms with E-state index < -0.39 is 6.10 Å². The lowest BCUT2D eigenvalue weighted by atomic mass is 9.90. The van der Waals surface area contributed by atoms with Crippen LogP contribution in [0.1, 0.15) is 41.0 Å². The van der Waals surface area contributed by atoms with Crippen LogP contribution in [0.5, 0.6) is 0 Å². The van der Waals surface area contributed by atoms with Crippen LogP contribution in [-0.4, -0.2) is 44.3 Å². The highest BCUT2D eigenvalue weighted by Gasteiger charge is 2.30. The van der Waals surface area contributed by atoms with E-state index >= 15 is 0 Å². The first-order valence-electron chi connectivity index (χ1n) is 9.86. The Morgan fingerprint density at radius 2 is 2.04 bits per heavy atom. The standard InChI is InChI=1S/C20H28N6OS/c1-12-13(2)28-20-16(12)18(23-15(24-20)4-7-21)26-9-5-14(6-10-26)17(27)19-22-8-11-25(19)3/h8,11,14,17,27H,4-7,9-10,21H2,1-3H3. The van der Waals surface area contributed by atoms with Crippen LogP contribution in [-0.2, 0) is 13.5 Å². The molecule has 1 saturated heterocycles. The van der Waals surface area contributed by atoms with Gasteiger partial charge < -0.3 is 20.3 Å². The van der Waals surface area contributed by atoms with Gasteiger partial charge in [0, 0.05) is 43.8 Å². The van der Waals surface area contributed by atoms with Crippen LogP contribution in [0.4, 0.5) is 5.82 Å². The molecular weight excluding hydrogens is 372 g/mol. The maximum Gasteiger partial charge on any atom is 0.141 e. The van der Waals surface area contributed by atoms with E-state index in [1.54, 1.807) is 17.5 Å². The topological polar surface area (TPSA) is 93.1 Å². The first-order chi connectivity index (χ1) is 13.5. The molecule has 1 atom stereocenters. The third kappa shape index (κ3) is 3.40. The average molecular weight is 401 g/mol. The number of rotatable bonds is 5. The maximum absolute atomic E-state index is 10.8. The molecule has 1 aliphatic heterocycles. The molecule has 0 aromatic carbocycles. The molecule has 28 heavy (non-hydrogen) atoms. The van der Waals surface area contributed by atoms with E-state index in [0.29, 0.717) is 13.0 Å². The number of anilines is 1. The van der Waals surface area contributed by atoms with Gasteiger partial charge in [0.15, 0.2) is 0 Å². The van der Waals surface area contributed by atoms with Gasteiger partial charge in [-0.15, -0.1) is 11.3 Å². The minimum absolute atomic E-state index is 0.212. The third-order valence-corrected chi connectivity index (χ3v) is 6.93. The van der Waals surface area contributed by atoms with Crippen molar-refractivity contribution in [1.29, 1.82) is 0 Å². The average Bonchev–Trinajstić information content (AvgIpc) is 3.24. The van der Waals surface area contributed by atoms with Crippen LogP contribution in [0.2, 0.25) is 0 Å². The van der Waals surface area contributed by atoms with Gasteiger partial charge in [-0.25, -0.2) is 15.0 Å². The van der Waals surface area contributed by atoms with Crippen LogP contribution >= 0.6 is 11.3 Å². The number of aromatic nitrogens is 4. The number of piperidine rings is 1. The molecule has 3 N–H and O–H groups in total. The number of fused-ring (bicyclic) bond motifs is 1. The molecule has 0 aliphatic carbocycles. The summed E-state index contributed by atoms with van der Waals surface area (Å²) in [6.45, 7) is 6.58. The van der Waals surface area contributed by atoms with Gasteiger partial charge in [0.2, 0.25) is 0 Å². The molecule has 0 saturated carbocycles. The number of nitrogens with zero attached hydrogens (tertiary/aromatic N) is 5. The van der Waals surface area contributed by atoms with Crippen molar-refractivity contribution in [3.8, 4) is 0 Å². The normalized spacial score (nSPS) is 16.8. The molecule has 7 nitrogen and oxygen atoms in total. The van der Waals surface area contributed by atoms with Gasteiger partial charge in [0.1, 0.15) is 28.4 Å². The van der Waals surface area contributed by atoms with Crippen molar-refractivity contribution in [2.75, 3.05) is 24.5 Å². The second-order valence-electron chi connectivity index (χ2n) is 7.63. The lowest BCUT2D eigenvalue weighted by molar-refractivity contribution is 0.0824. The summed E-state index contributed by atoms with van der Waals surface area (Å²) in [6, 6.07) is 0. The van der Waals surface area contributed by atoms with Crippen molar-refractivity contribution in [2.24, 2.45) is 18.7 Å². The van der Waals surface area contributed by atoms with Gasteiger partial charge in [-0.2, -0.15) is 0 Å². The summed E-state index contributed by atoms with van der Waals surface area (Å²) >= 11 is 1.73. The zero-order valence-corrected chi connectivity index (χ0v) is 17.5. The Balaban J connectivity index is 1.59. The summed E-state index contributed by atoms with van der Waals surface area (Å²) in [4.78, 5) is 18.6.